The van der Waals surface area contributed by atoms with Gasteiger partial charge in [0.05, 0.1) is 5.41 Å². The highest BCUT2D eigenvalue weighted by Crippen LogP contribution is 2.35. The number of imide groups is 1. The highest BCUT2D eigenvalue weighted by Gasteiger charge is 2.46. The van der Waals surface area contributed by atoms with Crippen molar-refractivity contribution in [1.82, 2.24) is 5.32 Å². The summed E-state index contributed by atoms with van der Waals surface area (Å²) >= 11 is 0. The summed E-state index contributed by atoms with van der Waals surface area (Å²) in [7, 11) is 0. The summed E-state index contributed by atoms with van der Waals surface area (Å²) in [5, 5.41) is 2.28. The molecule has 1 aliphatic rings. The third-order valence-corrected chi connectivity index (χ3v) is 3.13. The second-order valence-corrected chi connectivity index (χ2v) is 4.00. The predicted molar refractivity (Wildman–Crippen MR) is 56.1 cm³/mol. The van der Waals surface area contributed by atoms with E-state index in [4.69, 9.17) is 0 Å². The van der Waals surface area contributed by atoms with Crippen molar-refractivity contribution in [2.24, 2.45) is 0 Å². The molecule has 0 aliphatic carbocycles. The molecule has 1 aromatic carbocycles. The van der Waals surface area contributed by atoms with Gasteiger partial charge in [0.1, 0.15) is 5.82 Å². The number of nitrogens with one attached hydrogen (secondary N) is 1. The summed E-state index contributed by atoms with van der Waals surface area (Å²) < 4.78 is 13.1. The number of hydrogen-bond donors (Lipinski definition) is 1. The highest BCUT2D eigenvalue weighted by atomic mass is 19.1. The maximum atomic E-state index is 13.1. The van der Waals surface area contributed by atoms with Gasteiger partial charge in [0.15, 0.2) is 0 Å². The number of halogens is 1. The zero-order chi connectivity index (χ0) is 11.8. The Hall–Kier alpha value is -1.71. The van der Waals surface area contributed by atoms with Gasteiger partial charge in [-0.2, -0.15) is 0 Å². The fraction of sp³-hybridized carbons (Fsp3) is 0.333. The fourth-order valence-electron chi connectivity index (χ4n) is 2.15. The van der Waals surface area contributed by atoms with Crippen LogP contribution in [0.5, 0.6) is 0 Å². The molecule has 2 rings (SSSR count). The van der Waals surface area contributed by atoms with Gasteiger partial charge in [-0.05, 0) is 24.1 Å². The van der Waals surface area contributed by atoms with Gasteiger partial charge < -0.3 is 0 Å². The van der Waals surface area contributed by atoms with Gasteiger partial charge in [-0.15, -0.1) is 0 Å². The Morgan fingerprint density at radius 3 is 2.69 bits per heavy atom. The van der Waals surface area contributed by atoms with Crippen molar-refractivity contribution in [3.8, 4) is 0 Å². The second kappa shape index (κ2) is 3.70. The molecule has 0 bridgehead atoms. The Morgan fingerprint density at radius 2 is 2.19 bits per heavy atom. The lowest BCUT2D eigenvalue weighted by atomic mass is 9.76. The molecule has 1 aliphatic heterocycles. The third kappa shape index (κ3) is 1.50. The first-order chi connectivity index (χ1) is 7.58. The Bertz CT molecular complexity index is 458. The molecule has 1 atom stereocenters. The molecule has 1 aromatic rings. The van der Waals surface area contributed by atoms with Crippen LogP contribution in [0.2, 0.25) is 0 Å². The Kier molecular flexibility index (Phi) is 2.50. The van der Waals surface area contributed by atoms with Gasteiger partial charge in [0.2, 0.25) is 11.8 Å². The topological polar surface area (TPSA) is 46.2 Å². The minimum atomic E-state index is -0.890. The van der Waals surface area contributed by atoms with Crippen LogP contribution >= 0.6 is 0 Å². The number of carbonyl (C=O) groups excluding carboxylic acids is 2. The summed E-state index contributed by atoms with van der Waals surface area (Å²) in [5.41, 5.74) is -0.322. The van der Waals surface area contributed by atoms with E-state index in [1.165, 1.54) is 12.1 Å². The fourth-order valence-corrected chi connectivity index (χ4v) is 2.15. The standard InChI is InChI=1S/C12H12FNO2/c1-2-12(7-10(15)14-11(12)16)8-4-3-5-9(13)6-8/h3-6H,2,7H2,1H3,(H,14,15,16). The van der Waals surface area contributed by atoms with Crippen molar-refractivity contribution in [3.05, 3.63) is 35.6 Å². The SMILES string of the molecule is CCC1(c2cccc(F)c2)CC(=O)NC1=O. The van der Waals surface area contributed by atoms with Crippen molar-refractivity contribution >= 4 is 11.8 Å². The van der Waals surface area contributed by atoms with E-state index >= 15 is 0 Å². The molecule has 1 N–H and O–H groups in total. The van der Waals surface area contributed by atoms with Gasteiger partial charge in [0, 0.05) is 6.42 Å². The second-order valence-electron chi connectivity index (χ2n) is 4.00. The maximum absolute atomic E-state index is 13.1. The average molecular weight is 221 g/mol. The number of carbonyl (C=O) groups is 2. The van der Waals surface area contributed by atoms with Gasteiger partial charge in [-0.1, -0.05) is 19.1 Å². The van der Waals surface area contributed by atoms with Crippen LogP contribution in [0.15, 0.2) is 24.3 Å². The molecule has 3 nitrogen and oxygen atoms in total. The normalized spacial score (nSPS) is 24.6. The highest BCUT2D eigenvalue weighted by molar-refractivity contribution is 6.09. The molecule has 1 saturated heterocycles. The number of amides is 2. The third-order valence-electron chi connectivity index (χ3n) is 3.13. The van der Waals surface area contributed by atoms with Crippen LogP contribution in [-0.2, 0) is 15.0 Å². The summed E-state index contributed by atoms with van der Waals surface area (Å²) in [5.74, 6) is -1.01. The average Bonchev–Trinajstić information content (AvgIpc) is 2.54. The number of hydrogen-bond acceptors (Lipinski definition) is 2. The zero-order valence-corrected chi connectivity index (χ0v) is 8.92. The molecule has 84 valence electrons. The lowest BCUT2D eigenvalue weighted by Crippen LogP contribution is -2.35. The Morgan fingerprint density at radius 1 is 1.44 bits per heavy atom. The first kappa shape index (κ1) is 10.8. The van der Waals surface area contributed by atoms with E-state index in [1.807, 2.05) is 6.92 Å². The monoisotopic (exact) mass is 221 g/mol. The van der Waals surface area contributed by atoms with Gasteiger partial charge in [-0.3, -0.25) is 14.9 Å². The number of rotatable bonds is 2. The van der Waals surface area contributed by atoms with Gasteiger partial charge in [0.25, 0.3) is 0 Å². The molecule has 4 heteroatoms. The molecule has 1 unspecified atom stereocenters. The molecule has 1 heterocycles. The first-order valence-corrected chi connectivity index (χ1v) is 5.19. The van der Waals surface area contributed by atoms with Gasteiger partial charge >= 0.3 is 0 Å². The number of benzene rings is 1. The molecule has 16 heavy (non-hydrogen) atoms. The Labute approximate surface area is 92.7 Å². The van der Waals surface area contributed by atoms with Crippen molar-refractivity contribution in [3.63, 3.8) is 0 Å². The molecule has 0 spiro atoms. The van der Waals surface area contributed by atoms with Crippen LogP contribution in [0.1, 0.15) is 25.3 Å². The largest absolute Gasteiger partial charge is 0.296 e. The lowest BCUT2D eigenvalue weighted by Gasteiger charge is -2.23. The van der Waals surface area contributed by atoms with Crippen LogP contribution in [-0.4, -0.2) is 11.8 Å². The molecule has 0 radical (unpaired) electrons. The van der Waals surface area contributed by atoms with Crippen LogP contribution in [0.4, 0.5) is 4.39 Å². The molecule has 0 aromatic heterocycles. The van der Waals surface area contributed by atoms with E-state index in [0.717, 1.165) is 0 Å². The Balaban J connectivity index is 2.50. The van der Waals surface area contributed by atoms with Crippen molar-refractivity contribution in [2.45, 2.75) is 25.2 Å². The maximum Gasteiger partial charge on any atom is 0.237 e. The summed E-state index contributed by atoms with van der Waals surface area (Å²) in [6.07, 6.45) is 0.583. The molecular weight excluding hydrogens is 209 g/mol. The zero-order valence-electron chi connectivity index (χ0n) is 8.92. The van der Waals surface area contributed by atoms with Crippen LogP contribution in [0.3, 0.4) is 0 Å². The quantitative estimate of drug-likeness (QED) is 0.769. The first-order valence-electron chi connectivity index (χ1n) is 5.19. The van der Waals surface area contributed by atoms with E-state index in [0.29, 0.717) is 12.0 Å². The van der Waals surface area contributed by atoms with Gasteiger partial charge in [-0.25, -0.2) is 4.39 Å². The minimum Gasteiger partial charge on any atom is -0.296 e. The molecule has 0 saturated carbocycles. The molecular formula is C12H12FNO2. The van der Waals surface area contributed by atoms with E-state index in [2.05, 4.69) is 5.32 Å². The van der Waals surface area contributed by atoms with E-state index in [1.54, 1.807) is 12.1 Å². The van der Waals surface area contributed by atoms with E-state index in [-0.39, 0.29) is 18.2 Å². The summed E-state index contributed by atoms with van der Waals surface area (Å²) in [6.45, 7) is 1.82. The van der Waals surface area contributed by atoms with Crippen molar-refractivity contribution < 1.29 is 14.0 Å². The van der Waals surface area contributed by atoms with E-state index in [9.17, 15) is 14.0 Å². The molecule has 1 fully saturated rings. The van der Waals surface area contributed by atoms with Crippen molar-refractivity contribution in [1.29, 1.82) is 0 Å². The lowest BCUT2D eigenvalue weighted by molar-refractivity contribution is -0.126. The molecule has 2 amide bonds. The predicted octanol–water partition coefficient (Wildman–Crippen LogP) is 1.52. The van der Waals surface area contributed by atoms with E-state index < -0.39 is 11.2 Å². The summed E-state index contributed by atoms with van der Waals surface area (Å²) in [6, 6.07) is 5.88. The van der Waals surface area contributed by atoms with Crippen molar-refractivity contribution in [2.75, 3.05) is 0 Å². The summed E-state index contributed by atoms with van der Waals surface area (Å²) in [4.78, 5) is 23.1. The van der Waals surface area contributed by atoms with Crippen LogP contribution in [0.25, 0.3) is 0 Å². The van der Waals surface area contributed by atoms with Crippen LogP contribution < -0.4 is 5.32 Å². The smallest absolute Gasteiger partial charge is 0.237 e. The van der Waals surface area contributed by atoms with Crippen LogP contribution in [0, 0.1) is 5.82 Å². The minimum absolute atomic E-state index is 0.103.